The average molecular weight is 409 g/mol. The summed E-state index contributed by atoms with van der Waals surface area (Å²) in [6, 6.07) is 5.59. The van der Waals surface area contributed by atoms with E-state index < -0.39 is 6.04 Å². The summed E-state index contributed by atoms with van der Waals surface area (Å²) in [4.78, 5) is 40.2. The zero-order valence-electron chi connectivity index (χ0n) is 16.5. The zero-order valence-corrected chi connectivity index (χ0v) is 16.5. The second kappa shape index (κ2) is 7.29. The maximum absolute atomic E-state index is 12.8. The van der Waals surface area contributed by atoms with Gasteiger partial charge >= 0.3 is 0 Å². The molecule has 30 heavy (non-hydrogen) atoms. The van der Waals surface area contributed by atoms with Crippen molar-refractivity contribution >= 4 is 17.7 Å². The third-order valence-electron chi connectivity index (χ3n) is 6.07. The molecule has 2 fully saturated rings. The molecular weight excluding hydrogens is 386 g/mol. The summed E-state index contributed by atoms with van der Waals surface area (Å²) in [5.41, 5.74) is 9.08. The van der Waals surface area contributed by atoms with Crippen LogP contribution in [0.1, 0.15) is 46.1 Å². The fourth-order valence-electron chi connectivity index (χ4n) is 4.41. The van der Waals surface area contributed by atoms with Crippen LogP contribution in [-0.2, 0) is 29.2 Å². The first kappa shape index (κ1) is 18.9. The number of piperidine rings is 1. The van der Waals surface area contributed by atoms with Gasteiger partial charge in [-0.15, -0.1) is 5.10 Å². The van der Waals surface area contributed by atoms with Crippen molar-refractivity contribution in [3.05, 3.63) is 46.8 Å². The van der Waals surface area contributed by atoms with Crippen LogP contribution in [0.5, 0.6) is 0 Å². The molecule has 10 heteroatoms. The van der Waals surface area contributed by atoms with Gasteiger partial charge in [-0.05, 0) is 23.6 Å². The highest BCUT2D eigenvalue weighted by atomic mass is 16.2. The lowest BCUT2D eigenvalue weighted by atomic mass is 10.0. The fraction of sp³-hybridized carbons (Fsp3) is 0.450. The van der Waals surface area contributed by atoms with Crippen LogP contribution in [0.4, 0.5) is 0 Å². The molecule has 1 aromatic heterocycles. The van der Waals surface area contributed by atoms with Gasteiger partial charge in [0.05, 0.1) is 17.9 Å². The van der Waals surface area contributed by atoms with Gasteiger partial charge < -0.3 is 10.6 Å². The van der Waals surface area contributed by atoms with E-state index in [4.69, 9.17) is 5.73 Å². The minimum atomic E-state index is -0.580. The Labute approximate surface area is 173 Å². The van der Waals surface area contributed by atoms with E-state index >= 15 is 0 Å². The molecule has 3 N–H and O–H groups in total. The fourth-order valence-corrected chi connectivity index (χ4v) is 4.41. The van der Waals surface area contributed by atoms with Gasteiger partial charge in [0.2, 0.25) is 11.8 Å². The van der Waals surface area contributed by atoms with Gasteiger partial charge in [-0.2, -0.15) is 0 Å². The highest BCUT2D eigenvalue weighted by molar-refractivity contribution is 6.05. The molecule has 1 unspecified atom stereocenters. The van der Waals surface area contributed by atoms with E-state index in [0.717, 1.165) is 36.5 Å². The zero-order chi connectivity index (χ0) is 20.8. The van der Waals surface area contributed by atoms with Gasteiger partial charge in [0.1, 0.15) is 6.04 Å². The number of amides is 3. The molecule has 5 rings (SSSR count). The first-order valence-electron chi connectivity index (χ1n) is 10.1. The molecule has 0 saturated carbocycles. The van der Waals surface area contributed by atoms with Crippen molar-refractivity contribution in [2.24, 2.45) is 5.73 Å². The van der Waals surface area contributed by atoms with Crippen molar-refractivity contribution in [3.8, 4) is 0 Å². The average Bonchev–Trinajstić information content (AvgIpc) is 3.29. The quantitative estimate of drug-likeness (QED) is 0.641. The number of fused-ring (bicyclic) bond motifs is 1. The standard InChI is InChI=1S/C20H23N7O3/c21-6-14-9-27(24-23-14)15-10-25(11-15)7-12-1-2-16-13(5-12)8-26(20(16)30)17-3-4-18(28)22-19(17)29/h1-2,5,9,15,17H,3-4,6-8,10-11,21H2,(H,22,28,29). The molecule has 0 spiro atoms. The van der Waals surface area contributed by atoms with Crippen LogP contribution >= 0.6 is 0 Å². The van der Waals surface area contributed by atoms with Gasteiger partial charge in [0.15, 0.2) is 0 Å². The Balaban J connectivity index is 1.22. The predicted octanol–water partition coefficient (Wildman–Crippen LogP) is -0.445. The van der Waals surface area contributed by atoms with E-state index in [-0.39, 0.29) is 24.1 Å². The predicted molar refractivity (Wildman–Crippen MR) is 105 cm³/mol. The van der Waals surface area contributed by atoms with Crippen LogP contribution in [0, 0.1) is 0 Å². The molecule has 2 aromatic rings. The van der Waals surface area contributed by atoms with E-state index in [0.29, 0.717) is 31.1 Å². The second-order valence-electron chi connectivity index (χ2n) is 8.13. The monoisotopic (exact) mass is 409 g/mol. The summed E-state index contributed by atoms with van der Waals surface area (Å²) in [7, 11) is 0. The lowest BCUT2D eigenvalue weighted by molar-refractivity contribution is -0.136. The Morgan fingerprint density at radius 3 is 2.77 bits per heavy atom. The largest absolute Gasteiger partial charge is 0.325 e. The number of benzene rings is 1. The summed E-state index contributed by atoms with van der Waals surface area (Å²) < 4.78 is 1.87. The smallest absolute Gasteiger partial charge is 0.255 e. The number of hydrogen-bond donors (Lipinski definition) is 2. The highest BCUT2D eigenvalue weighted by Crippen LogP contribution is 2.29. The maximum atomic E-state index is 12.8. The number of nitrogens with one attached hydrogen (secondary N) is 1. The van der Waals surface area contributed by atoms with Gasteiger partial charge in [-0.3, -0.25) is 24.6 Å². The van der Waals surface area contributed by atoms with Gasteiger partial charge in [0.25, 0.3) is 5.91 Å². The number of aromatic nitrogens is 3. The molecule has 1 aromatic carbocycles. The Kier molecular flexibility index (Phi) is 4.59. The van der Waals surface area contributed by atoms with Crippen LogP contribution in [0.2, 0.25) is 0 Å². The minimum absolute atomic E-state index is 0.142. The van der Waals surface area contributed by atoms with Crippen LogP contribution in [0.3, 0.4) is 0 Å². The second-order valence-corrected chi connectivity index (χ2v) is 8.13. The van der Waals surface area contributed by atoms with E-state index in [9.17, 15) is 14.4 Å². The molecular formula is C20H23N7O3. The molecule has 156 valence electrons. The Hall–Kier alpha value is -3.11. The van der Waals surface area contributed by atoms with Crippen LogP contribution < -0.4 is 11.1 Å². The number of nitrogens with zero attached hydrogens (tertiary/aromatic N) is 5. The third kappa shape index (κ3) is 3.27. The number of carbonyl (C=O) groups is 3. The number of likely N-dealkylation sites (tertiary alicyclic amines) is 1. The molecule has 1 atom stereocenters. The maximum Gasteiger partial charge on any atom is 0.255 e. The van der Waals surface area contributed by atoms with Crippen LogP contribution in [0.15, 0.2) is 24.4 Å². The van der Waals surface area contributed by atoms with E-state index in [1.54, 1.807) is 4.90 Å². The molecule has 3 amide bonds. The van der Waals surface area contributed by atoms with Crippen LogP contribution in [-0.4, -0.2) is 61.6 Å². The van der Waals surface area contributed by atoms with Crippen molar-refractivity contribution in [1.29, 1.82) is 0 Å². The molecule has 3 aliphatic heterocycles. The summed E-state index contributed by atoms with van der Waals surface area (Å²) in [5.74, 6) is -0.803. The molecule has 0 aliphatic carbocycles. The normalized spacial score (nSPS) is 22.2. The first-order valence-corrected chi connectivity index (χ1v) is 10.1. The molecule has 4 heterocycles. The van der Waals surface area contributed by atoms with Gasteiger partial charge in [0, 0.05) is 44.7 Å². The SMILES string of the molecule is NCc1cn(C2CN(Cc3ccc4c(c3)CN(C3CCC(=O)NC3=O)C4=O)C2)nn1. The van der Waals surface area contributed by atoms with Gasteiger partial charge in [-0.1, -0.05) is 17.3 Å². The number of nitrogens with two attached hydrogens (primary N) is 1. The molecule has 3 aliphatic rings. The lowest BCUT2D eigenvalue weighted by Crippen LogP contribution is -2.52. The topological polar surface area (TPSA) is 126 Å². The van der Waals surface area contributed by atoms with Gasteiger partial charge in [-0.25, -0.2) is 4.68 Å². The Bertz CT molecular complexity index is 1030. The van der Waals surface area contributed by atoms with Crippen molar-refractivity contribution in [1.82, 2.24) is 30.1 Å². The minimum Gasteiger partial charge on any atom is -0.325 e. The number of hydrogen-bond acceptors (Lipinski definition) is 7. The van der Waals surface area contributed by atoms with Crippen molar-refractivity contribution < 1.29 is 14.4 Å². The first-order chi connectivity index (χ1) is 14.5. The summed E-state index contributed by atoms with van der Waals surface area (Å²) in [6.45, 7) is 3.34. The van der Waals surface area contributed by atoms with E-state index in [2.05, 4.69) is 26.6 Å². The van der Waals surface area contributed by atoms with Crippen molar-refractivity contribution in [2.45, 2.75) is 44.6 Å². The number of rotatable bonds is 5. The van der Waals surface area contributed by atoms with Crippen molar-refractivity contribution in [2.75, 3.05) is 13.1 Å². The summed E-state index contributed by atoms with van der Waals surface area (Å²) >= 11 is 0. The lowest BCUT2D eigenvalue weighted by Gasteiger charge is -2.38. The summed E-state index contributed by atoms with van der Waals surface area (Å²) in [6.07, 6.45) is 2.53. The summed E-state index contributed by atoms with van der Waals surface area (Å²) in [5, 5.41) is 10.5. The molecule has 0 radical (unpaired) electrons. The third-order valence-corrected chi connectivity index (χ3v) is 6.07. The van der Waals surface area contributed by atoms with E-state index in [1.165, 1.54) is 0 Å². The van der Waals surface area contributed by atoms with Crippen molar-refractivity contribution in [3.63, 3.8) is 0 Å². The molecule has 2 saturated heterocycles. The molecule has 0 bridgehead atoms. The Morgan fingerprint density at radius 2 is 2.03 bits per heavy atom. The van der Waals surface area contributed by atoms with E-state index in [1.807, 2.05) is 23.0 Å². The highest BCUT2D eigenvalue weighted by Gasteiger charge is 2.39. The number of imide groups is 1. The van der Waals surface area contributed by atoms with Crippen LogP contribution in [0.25, 0.3) is 0 Å². The Morgan fingerprint density at radius 1 is 1.20 bits per heavy atom. The molecule has 10 nitrogen and oxygen atoms in total. The number of carbonyl (C=O) groups excluding carboxylic acids is 3.